The fourth-order valence-corrected chi connectivity index (χ4v) is 2.63. The van der Waals surface area contributed by atoms with Crippen molar-refractivity contribution in [1.29, 1.82) is 0 Å². The molecule has 1 heterocycles. The zero-order valence-electron chi connectivity index (χ0n) is 11.2. The average Bonchev–Trinajstić information content (AvgIpc) is 2.58. The Morgan fingerprint density at radius 3 is 2.88 bits per heavy atom. The number of aryl methyl sites for hydroxylation is 1. The molecular formula is C15H24N2. The van der Waals surface area contributed by atoms with Crippen LogP contribution < -0.4 is 5.32 Å². The smallest absolute Gasteiger partial charge is 0.0209 e. The molecule has 1 fully saturated rings. The number of nitrogens with zero attached hydrogens (tertiary/aromatic N) is 1. The summed E-state index contributed by atoms with van der Waals surface area (Å²) in [5.41, 5.74) is 2.80. The molecule has 17 heavy (non-hydrogen) atoms. The van der Waals surface area contributed by atoms with Crippen LogP contribution in [0.15, 0.2) is 24.3 Å². The van der Waals surface area contributed by atoms with E-state index in [9.17, 15) is 0 Å². The molecule has 1 N–H and O–H groups in total. The van der Waals surface area contributed by atoms with E-state index in [1.165, 1.54) is 24.1 Å². The molecule has 2 rings (SSSR count). The lowest BCUT2D eigenvalue weighted by Crippen LogP contribution is -2.32. The molecule has 1 aliphatic heterocycles. The van der Waals surface area contributed by atoms with Gasteiger partial charge in [-0.05, 0) is 45.8 Å². The summed E-state index contributed by atoms with van der Waals surface area (Å²) in [6, 6.07) is 10.2. The van der Waals surface area contributed by atoms with Gasteiger partial charge in [0.25, 0.3) is 0 Å². The molecule has 1 aromatic rings. The van der Waals surface area contributed by atoms with Crippen molar-refractivity contribution in [3.8, 4) is 0 Å². The maximum Gasteiger partial charge on any atom is 0.0209 e. The summed E-state index contributed by atoms with van der Waals surface area (Å²) < 4.78 is 0. The first-order chi connectivity index (χ1) is 8.15. The van der Waals surface area contributed by atoms with E-state index in [1.54, 1.807) is 0 Å². The number of benzene rings is 1. The lowest BCUT2D eigenvalue weighted by molar-refractivity contribution is 0.327. The minimum atomic E-state index is 0.680. The Balaban J connectivity index is 1.73. The minimum absolute atomic E-state index is 0.680. The van der Waals surface area contributed by atoms with E-state index in [0.717, 1.165) is 19.0 Å². The summed E-state index contributed by atoms with van der Waals surface area (Å²) in [4.78, 5) is 2.43. The van der Waals surface area contributed by atoms with Gasteiger partial charge in [-0.15, -0.1) is 0 Å². The van der Waals surface area contributed by atoms with Crippen LogP contribution in [0, 0.1) is 6.92 Å². The van der Waals surface area contributed by atoms with Crippen molar-refractivity contribution in [3.63, 3.8) is 0 Å². The van der Waals surface area contributed by atoms with Crippen LogP contribution in [0.2, 0.25) is 0 Å². The number of hydrogen-bond acceptors (Lipinski definition) is 2. The summed E-state index contributed by atoms with van der Waals surface area (Å²) in [5, 5.41) is 3.67. The van der Waals surface area contributed by atoms with E-state index in [1.807, 2.05) is 0 Å². The monoisotopic (exact) mass is 232 g/mol. The highest BCUT2D eigenvalue weighted by Gasteiger charge is 2.25. The zero-order valence-corrected chi connectivity index (χ0v) is 11.2. The van der Waals surface area contributed by atoms with Gasteiger partial charge in [-0.1, -0.05) is 29.8 Å². The normalized spacial score (nSPS) is 25.4. The predicted molar refractivity (Wildman–Crippen MR) is 73.4 cm³/mol. The molecule has 1 aliphatic rings. The van der Waals surface area contributed by atoms with Gasteiger partial charge in [0.1, 0.15) is 0 Å². The molecule has 94 valence electrons. The Morgan fingerprint density at radius 1 is 1.41 bits per heavy atom. The Hall–Kier alpha value is -0.860. The minimum Gasteiger partial charge on any atom is -0.312 e. The van der Waals surface area contributed by atoms with E-state index in [0.29, 0.717) is 6.04 Å². The third-order valence-corrected chi connectivity index (χ3v) is 3.82. The SMILES string of the molecule is Cc1cccc(CCNC2CC(C)N(C)C2)c1. The molecule has 1 saturated heterocycles. The summed E-state index contributed by atoms with van der Waals surface area (Å²) in [7, 11) is 2.22. The van der Waals surface area contributed by atoms with E-state index in [2.05, 4.69) is 55.4 Å². The first-order valence-corrected chi connectivity index (χ1v) is 6.64. The third-order valence-electron chi connectivity index (χ3n) is 3.82. The highest BCUT2D eigenvalue weighted by atomic mass is 15.2. The topological polar surface area (TPSA) is 15.3 Å². The quantitative estimate of drug-likeness (QED) is 0.856. The number of likely N-dealkylation sites (N-methyl/N-ethyl adjacent to an activating group) is 1. The lowest BCUT2D eigenvalue weighted by atomic mass is 10.1. The lowest BCUT2D eigenvalue weighted by Gasteiger charge is -2.13. The van der Waals surface area contributed by atoms with Crippen molar-refractivity contribution in [2.45, 2.75) is 38.8 Å². The van der Waals surface area contributed by atoms with Crippen molar-refractivity contribution >= 4 is 0 Å². The first kappa shape index (κ1) is 12.6. The van der Waals surface area contributed by atoms with Crippen molar-refractivity contribution in [3.05, 3.63) is 35.4 Å². The number of likely N-dealkylation sites (tertiary alicyclic amines) is 1. The van der Waals surface area contributed by atoms with Crippen LogP contribution in [-0.4, -0.2) is 37.1 Å². The van der Waals surface area contributed by atoms with E-state index in [-0.39, 0.29) is 0 Å². The fourth-order valence-electron chi connectivity index (χ4n) is 2.63. The maximum atomic E-state index is 3.67. The molecule has 0 aromatic heterocycles. The molecule has 0 radical (unpaired) electrons. The van der Waals surface area contributed by atoms with E-state index < -0.39 is 0 Å². The molecule has 1 aromatic carbocycles. The fraction of sp³-hybridized carbons (Fsp3) is 0.600. The number of hydrogen-bond donors (Lipinski definition) is 1. The highest BCUT2D eigenvalue weighted by Crippen LogP contribution is 2.14. The number of nitrogens with one attached hydrogen (secondary N) is 1. The molecule has 2 atom stereocenters. The van der Waals surface area contributed by atoms with Gasteiger partial charge in [0.2, 0.25) is 0 Å². The van der Waals surface area contributed by atoms with E-state index in [4.69, 9.17) is 0 Å². The molecule has 0 saturated carbocycles. The average molecular weight is 232 g/mol. The van der Waals surface area contributed by atoms with Gasteiger partial charge in [-0.3, -0.25) is 0 Å². The Kier molecular flexibility index (Phi) is 4.19. The van der Waals surface area contributed by atoms with Crippen molar-refractivity contribution in [2.24, 2.45) is 0 Å². The van der Waals surface area contributed by atoms with Crippen molar-refractivity contribution in [1.82, 2.24) is 10.2 Å². The molecule has 0 spiro atoms. The summed E-state index contributed by atoms with van der Waals surface area (Å²) in [6.07, 6.45) is 2.42. The number of rotatable bonds is 4. The Labute approximate surface area is 105 Å². The van der Waals surface area contributed by atoms with Crippen LogP contribution in [0.1, 0.15) is 24.5 Å². The third kappa shape index (κ3) is 3.55. The molecule has 2 nitrogen and oxygen atoms in total. The molecule has 2 unspecified atom stereocenters. The van der Waals surface area contributed by atoms with E-state index >= 15 is 0 Å². The van der Waals surface area contributed by atoms with Crippen LogP contribution in [-0.2, 0) is 6.42 Å². The Morgan fingerprint density at radius 2 is 2.24 bits per heavy atom. The van der Waals surface area contributed by atoms with Gasteiger partial charge < -0.3 is 10.2 Å². The molecule has 0 amide bonds. The van der Waals surface area contributed by atoms with Crippen LogP contribution in [0.4, 0.5) is 0 Å². The highest BCUT2D eigenvalue weighted by molar-refractivity contribution is 5.22. The van der Waals surface area contributed by atoms with Crippen molar-refractivity contribution in [2.75, 3.05) is 20.1 Å². The van der Waals surface area contributed by atoms with Crippen LogP contribution in [0.5, 0.6) is 0 Å². The Bertz CT molecular complexity index is 352. The second-order valence-corrected chi connectivity index (χ2v) is 5.41. The molecule has 0 aliphatic carbocycles. The standard InChI is InChI=1S/C15H24N2/c1-12-5-4-6-14(9-12)7-8-16-15-10-13(2)17(3)11-15/h4-6,9,13,15-16H,7-8,10-11H2,1-3H3. The largest absolute Gasteiger partial charge is 0.312 e. The van der Waals surface area contributed by atoms with Gasteiger partial charge in [0.05, 0.1) is 0 Å². The van der Waals surface area contributed by atoms with Gasteiger partial charge >= 0.3 is 0 Å². The van der Waals surface area contributed by atoms with Gasteiger partial charge in [-0.25, -0.2) is 0 Å². The van der Waals surface area contributed by atoms with Crippen LogP contribution in [0.3, 0.4) is 0 Å². The van der Waals surface area contributed by atoms with Crippen molar-refractivity contribution < 1.29 is 0 Å². The zero-order chi connectivity index (χ0) is 12.3. The maximum absolute atomic E-state index is 3.67. The first-order valence-electron chi connectivity index (χ1n) is 6.64. The summed E-state index contributed by atoms with van der Waals surface area (Å²) >= 11 is 0. The van der Waals surface area contributed by atoms with Crippen LogP contribution in [0.25, 0.3) is 0 Å². The van der Waals surface area contributed by atoms with Gasteiger partial charge in [0, 0.05) is 18.6 Å². The molecule has 2 heteroatoms. The molecular weight excluding hydrogens is 208 g/mol. The summed E-state index contributed by atoms with van der Waals surface area (Å²) in [6.45, 7) is 6.75. The second kappa shape index (κ2) is 5.65. The van der Waals surface area contributed by atoms with Gasteiger partial charge in [0.15, 0.2) is 0 Å². The summed E-state index contributed by atoms with van der Waals surface area (Å²) in [5.74, 6) is 0. The predicted octanol–water partition coefficient (Wildman–Crippen LogP) is 2.22. The van der Waals surface area contributed by atoms with Crippen LogP contribution >= 0.6 is 0 Å². The second-order valence-electron chi connectivity index (χ2n) is 5.41. The van der Waals surface area contributed by atoms with Gasteiger partial charge in [-0.2, -0.15) is 0 Å². The molecule has 0 bridgehead atoms.